The lowest BCUT2D eigenvalue weighted by Crippen LogP contribution is -2.37. The van der Waals surface area contributed by atoms with Crippen LogP contribution < -0.4 is 10.6 Å². The van der Waals surface area contributed by atoms with Crippen LogP contribution in [0.3, 0.4) is 0 Å². The van der Waals surface area contributed by atoms with Crippen LogP contribution in [0.1, 0.15) is 17.5 Å². The number of hydrogen-bond acceptors (Lipinski definition) is 2. The van der Waals surface area contributed by atoms with Crippen LogP contribution in [0.2, 0.25) is 0 Å². The summed E-state index contributed by atoms with van der Waals surface area (Å²) in [6.45, 7) is -0.747. The van der Waals surface area contributed by atoms with Crippen LogP contribution in [0, 0.1) is 0 Å². The Kier molecular flexibility index (Phi) is 8.01. The van der Waals surface area contributed by atoms with Crippen LogP contribution >= 0.6 is 0 Å². The Bertz CT molecular complexity index is 540. The minimum atomic E-state index is -4.38. The average Bonchev–Trinajstić information content (AvgIpc) is 2.52. The summed E-state index contributed by atoms with van der Waals surface area (Å²) in [5.41, 5.74) is -0.0953. The van der Waals surface area contributed by atoms with Crippen molar-refractivity contribution in [1.29, 1.82) is 0 Å². The molecular formula is C15H19F6N3O. The van der Waals surface area contributed by atoms with E-state index in [1.165, 1.54) is 19.2 Å². The summed E-state index contributed by atoms with van der Waals surface area (Å²) in [6, 6.07) is 4.69. The summed E-state index contributed by atoms with van der Waals surface area (Å²) >= 11 is 0. The van der Waals surface area contributed by atoms with Gasteiger partial charge in [0.2, 0.25) is 0 Å². The predicted molar refractivity (Wildman–Crippen MR) is 81.1 cm³/mol. The average molecular weight is 371 g/mol. The molecule has 0 fully saturated rings. The van der Waals surface area contributed by atoms with Gasteiger partial charge in [-0.05, 0) is 24.1 Å². The largest absolute Gasteiger partial charge is 0.416 e. The number of ether oxygens (including phenoxy) is 1. The molecule has 0 aromatic heterocycles. The maximum absolute atomic E-state index is 12.5. The van der Waals surface area contributed by atoms with Gasteiger partial charge in [-0.3, -0.25) is 4.99 Å². The molecule has 25 heavy (non-hydrogen) atoms. The van der Waals surface area contributed by atoms with Crippen LogP contribution in [-0.4, -0.2) is 38.9 Å². The van der Waals surface area contributed by atoms with Gasteiger partial charge in [0.1, 0.15) is 6.61 Å². The van der Waals surface area contributed by atoms with Gasteiger partial charge in [-0.1, -0.05) is 12.1 Å². The van der Waals surface area contributed by atoms with Gasteiger partial charge in [0.15, 0.2) is 5.96 Å². The first-order valence-electron chi connectivity index (χ1n) is 7.37. The molecule has 1 aromatic rings. The molecule has 1 aromatic carbocycles. The monoisotopic (exact) mass is 371 g/mol. The zero-order chi connectivity index (χ0) is 18.9. The van der Waals surface area contributed by atoms with Crippen molar-refractivity contribution >= 4 is 5.96 Å². The highest BCUT2D eigenvalue weighted by molar-refractivity contribution is 5.79. The van der Waals surface area contributed by atoms with E-state index in [0.29, 0.717) is 24.5 Å². The molecule has 2 N–H and O–H groups in total. The maximum atomic E-state index is 12.5. The second kappa shape index (κ2) is 9.50. The quantitative estimate of drug-likeness (QED) is 0.335. The first kappa shape index (κ1) is 21.1. The van der Waals surface area contributed by atoms with E-state index in [2.05, 4.69) is 20.4 Å². The van der Waals surface area contributed by atoms with Gasteiger partial charge >= 0.3 is 12.4 Å². The Morgan fingerprint density at radius 3 is 2.20 bits per heavy atom. The third kappa shape index (κ3) is 9.18. The molecular weight excluding hydrogens is 352 g/mol. The van der Waals surface area contributed by atoms with Gasteiger partial charge in [-0.25, -0.2) is 0 Å². The molecule has 0 aliphatic heterocycles. The first-order chi connectivity index (χ1) is 11.6. The third-order valence-corrected chi connectivity index (χ3v) is 2.99. The highest BCUT2D eigenvalue weighted by Crippen LogP contribution is 2.29. The van der Waals surface area contributed by atoms with Crippen molar-refractivity contribution in [2.45, 2.75) is 25.3 Å². The number of nitrogens with one attached hydrogen (secondary N) is 2. The number of hydrogen-bond donors (Lipinski definition) is 2. The van der Waals surface area contributed by atoms with Gasteiger partial charge in [0.25, 0.3) is 0 Å². The van der Waals surface area contributed by atoms with Crippen LogP contribution in [0.15, 0.2) is 29.3 Å². The highest BCUT2D eigenvalue weighted by atomic mass is 19.4. The van der Waals surface area contributed by atoms with E-state index in [0.717, 1.165) is 12.1 Å². The van der Waals surface area contributed by atoms with Gasteiger partial charge in [-0.15, -0.1) is 0 Å². The van der Waals surface area contributed by atoms with Gasteiger partial charge in [0, 0.05) is 26.7 Å². The molecule has 1 rings (SSSR count). The normalized spacial score (nSPS) is 13.0. The van der Waals surface area contributed by atoms with Crippen LogP contribution in [0.5, 0.6) is 0 Å². The second-order valence-electron chi connectivity index (χ2n) is 5.07. The molecule has 0 unspecified atom stereocenters. The van der Waals surface area contributed by atoms with E-state index < -0.39 is 24.5 Å². The van der Waals surface area contributed by atoms with E-state index >= 15 is 0 Å². The molecule has 0 spiro atoms. The second-order valence-corrected chi connectivity index (χ2v) is 5.07. The van der Waals surface area contributed by atoms with Crippen molar-refractivity contribution < 1.29 is 31.1 Å². The summed E-state index contributed by atoms with van der Waals surface area (Å²) < 4.78 is 77.5. The van der Waals surface area contributed by atoms with Crippen molar-refractivity contribution in [3.05, 3.63) is 35.4 Å². The molecule has 0 atom stereocenters. The lowest BCUT2D eigenvalue weighted by Gasteiger charge is -2.13. The lowest BCUT2D eigenvalue weighted by atomic mass is 10.1. The molecule has 0 aliphatic carbocycles. The van der Waals surface area contributed by atoms with E-state index in [1.807, 2.05) is 0 Å². The Morgan fingerprint density at radius 1 is 1.04 bits per heavy atom. The maximum Gasteiger partial charge on any atom is 0.416 e. The topological polar surface area (TPSA) is 45.7 Å². The zero-order valence-electron chi connectivity index (χ0n) is 13.5. The Balaban J connectivity index is 2.28. The minimum Gasteiger partial charge on any atom is -0.372 e. The number of rotatable bonds is 7. The molecule has 10 heteroatoms. The fraction of sp³-hybridized carbons (Fsp3) is 0.533. The van der Waals surface area contributed by atoms with E-state index in [4.69, 9.17) is 0 Å². The minimum absolute atomic E-state index is 0.0532. The summed E-state index contributed by atoms with van der Waals surface area (Å²) in [7, 11) is 1.50. The number of alkyl halides is 6. The van der Waals surface area contributed by atoms with Crippen LogP contribution in [-0.2, 0) is 17.5 Å². The van der Waals surface area contributed by atoms with Crippen LogP contribution in [0.4, 0.5) is 26.3 Å². The fourth-order valence-electron chi connectivity index (χ4n) is 1.79. The summed E-state index contributed by atoms with van der Waals surface area (Å²) in [5.74, 6) is 0.385. The third-order valence-electron chi connectivity index (χ3n) is 2.99. The summed E-state index contributed by atoms with van der Waals surface area (Å²) in [4.78, 5) is 3.91. The molecule has 142 valence electrons. The number of nitrogens with zero attached hydrogens (tertiary/aromatic N) is 1. The van der Waals surface area contributed by atoms with Gasteiger partial charge < -0.3 is 15.4 Å². The van der Waals surface area contributed by atoms with E-state index in [-0.39, 0.29) is 13.2 Å². The molecule has 0 amide bonds. The fourth-order valence-corrected chi connectivity index (χ4v) is 1.79. The summed E-state index contributed by atoms with van der Waals surface area (Å²) in [6.07, 6.45) is -8.37. The standard InChI is InChI=1S/C15H19F6N3O/c1-22-13(23-7-2-8-25-10-14(16,17)18)24-9-11-3-5-12(6-4-11)15(19,20)21/h3-6H,2,7-10H2,1H3,(H2,22,23,24). The van der Waals surface area contributed by atoms with Gasteiger partial charge in [-0.2, -0.15) is 26.3 Å². The smallest absolute Gasteiger partial charge is 0.372 e. The molecule has 0 saturated carbocycles. The Labute approximate surface area is 141 Å². The zero-order valence-corrected chi connectivity index (χ0v) is 13.5. The number of halogens is 6. The van der Waals surface area contributed by atoms with Crippen molar-refractivity contribution in [3.8, 4) is 0 Å². The predicted octanol–water partition coefficient (Wildman–Crippen LogP) is 3.34. The molecule has 0 heterocycles. The molecule has 4 nitrogen and oxygen atoms in total. The Morgan fingerprint density at radius 2 is 1.68 bits per heavy atom. The molecule has 0 saturated heterocycles. The lowest BCUT2D eigenvalue weighted by molar-refractivity contribution is -0.173. The highest BCUT2D eigenvalue weighted by Gasteiger charge is 2.30. The van der Waals surface area contributed by atoms with E-state index in [1.54, 1.807) is 0 Å². The number of benzene rings is 1. The van der Waals surface area contributed by atoms with Crippen molar-refractivity contribution in [2.75, 3.05) is 26.8 Å². The van der Waals surface area contributed by atoms with Crippen LogP contribution in [0.25, 0.3) is 0 Å². The first-order valence-corrected chi connectivity index (χ1v) is 7.37. The molecule has 0 radical (unpaired) electrons. The molecule has 0 bridgehead atoms. The SMILES string of the molecule is CN=C(NCCCOCC(F)(F)F)NCc1ccc(C(F)(F)F)cc1. The summed E-state index contributed by atoms with van der Waals surface area (Å²) in [5, 5.41) is 5.77. The number of aliphatic imine (C=N–C) groups is 1. The Hall–Kier alpha value is -1.97. The van der Waals surface area contributed by atoms with Crippen molar-refractivity contribution in [1.82, 2.24) is 10.6 Å². The number of guanidine groups is 1. The van der Waals surface area contributed by atoms with Gasteiger partial charge in [0.05, 0.1) is 5.56 Å². The molecule has 0 aliphatic rings. The van der Waals surface area contributed by atoms with E-state index in [9.17, 15) is 26.3 Å². The van der Waals surface area contributed by atoms with Crippen molar-refractivity contribution in [2.24, 2.45) is 4.99 Å². The van der Waals surface area contributed by atoms with Crippen molar-refractivity contribution in [3.63, 3.8) is 0 Å².